The number of nitrogens with zero attached hydrogens (tertiary/aromatic N) is 2. The smallest absolute Gasteiger partial charge is 0.223 e. The molecular formula is C17H26N2O. The number of amides is 1. The van der Waals surface area contributed by atoms with Gasteiger partial charge in [0.05, 0.1) is 6.04 Å². The van der Waals surface area contributed by atoms with Gasteiger partial charge in [0.2, 0.25) is 5.91 Å². The van der Waals surface area contributed by atoms with Gasteiger partial charge < -0.3 is 9.47 Å². The molecule has 0 spiro atoms. The average molecular weight is 274 g/mol. The summed E-state index contributed by atoms with van der Waals surface area (Å²) in [6.07, 6.45) is 10.8. The van der Waals surface area contributed by atoms with Crippen molar-refractivity contribution in [3.05, 3.63) is 24.0 Å². The van der Waals surface area contributed by atoms with Crippen LogP contribution in [0.3, 0.4) is 0 Å². The Morgan fingerprint density at radius 3 is 2.85 bits per heavy atom. The molecule has 0 radical (unpaired) electrons. The molecule has 0 bridgehead atoms. The van der Waals surface area contributed by atoms with Crippen molar-refractivity contribution in [3.63, 3.8) is 0 Å². The zero-order chi connectivity index (χ0) is 13.9. The van der Waals surface area contributed by atoms with Crippen LogP contribution in [0.5, 0.6) is 0 Å². The van der Waals surface area contributed by atoms with Crippen molar-refractivity contribution in [3.8, 4) is 0 Å². The highest BCUT2D eigenvalue weighted by Gasteiger charge is 2.27. The van der Waals surface area contributed by atoms with Gasteiger partial charge in [-0.1, -0.05) is 32.1 Å². The first-order valence-electron chi connectivity index (χ1n) is 8.20. The van der Waals surface area contributed by atoms with Crippen LogP contribution in [0.15, 0.2) is 18.3 Å². The summed E-state index contributed by atoms with van der Waals surface area (Å²) in [5.41, 5.74) is 1.28. The van der Waals surface area contributed by atoms with E-state index in [0.29, 0.717) is 5.91 Å². The lowest BCUT2D eigenvalue weighted by atomic mass is 9.86. The summed E-state index contributed by atoms with van der Waals surface area (Å²) in [5.74, 6) is 1.16. The molecule has 2 aliphatic rings. The fourth-order valence-corrected chi connectivity index (χ4v) is 3.87. The van der Waals surface area contributed by atoms with E-state index in [-0.39, 0.29) is 6.04 Å². The van der Waals surface area contributed by atoms with Crippen LogP contribution in [0.2, 0.25) is 0 Å². The lowest BCUT2D eigenvalue weighted by Gasteiger charge is -2.35. The third-order valence-electron chi connectivity index (χ3n) is 5.15. The van der Waals surface area contributed by atoms with E-state index >= 15 is 0 Å². The van der Waals surface area contributed by atoms with Crippen LogP contribution in [0, 0.1) is 5.92 Å². The molecule has 3 rings (SSSR count). The summed E-state index contributed by atoms with van der Waals surface area (Å²) >= 11 is 0. The molecule has 0 aromatic carbocycles. The minimum atomic E-state index is 0.234. The fourth-order valence-electron chi connectivity index (χ4n) is 3.87. The number of carbonyl (C=O) groups excluding carboxylic acids is 1. The molecule has 3 nitrogen and oxygen atoms in total. The number of fused-ring (bicyclic) bond motifs is 1. The van der Waals surface area contributed by atoms with Gasteiger partial charge in [-0.3, -0.25) is 4.79 Å². The summed E-state index contributed by atoms with van der Waals surface area (Å²) in [4.78, 5) is 14.6. The molecule has 1 atom stereocenters. The van der Waals surface area contributed by atoms with Crippen LogP contribution in [0.1, 0.15) is 63.6 Å². The summed E-state index contributed by atoms with van der Waals surface area (Å²) in [7, 11) is 0. The van der Waals surface area contributed by atoms with E-state index in [9.17, 15) is 4.79 Å². The number of hydrogen-bond donors (Lipinski definition) is 0. The van der Waals surface area contributed by atoms with E-state index in [2.05, 4.69) is 34.7 Å². The molecule has 1 aromatic rings. The first kappa shape index (κ1) is 13.7. The van der Waals surface area contributed by atoms with Gasteiger partial charge >= 0.3 is 0 Å². The number of rotatable bonds is 3. The molecule has 1 amide bonds. The molecule has 0 saturated heterocycles. The molecule has 110 valence electrons. The fraction of sp³-hybridized carbons (Fsp3) is 0.706. The highest BCUT2D eigenvalue weighted by atomic mass is 16.2. The molecule has 1 saturated carbocycles. The third kappa shape index (κ3) is 2.77. The topological polar surface area (TPSA) is 25.2 Å². The Kier molecular flexibility index (Phi) is 4.13. The standard InChI is InChI=1S/C17H26N2O/c1-14-16-8-5-11-18(16)12-13-19(14)17(20)10-9-15-6-3-2-4-7-15/h5,8,11,14-15H,2-4,6-7,9-10,12-13H2,1H3/t14-/m0/s1. The molecule has 0 N–H and O–H groups in total. The number of hydrogen-bond acceptors (Lipinski definition) is 1. The van der Waals surface area contributed by atoms with Gasteiger partial charge in [0, 0.05) is 31.4 Å². The Hall–Kier alpha value is -1.25. The van der Waals surface area contributed by atoms with Gasteiger partial charge in [0.15, 0.2) is 0 Å². The van der Waals surface area contributed by atoms with Gasteiger partial charge in [-0.15, -0.1) is 0 Å². The monoisotopic (exact) mass is 274 g/mol. The predicted octanol–water partition coefficient (Wildman–Crippen LogP) is 3.75. The van der Waals surface area contributed by atoms with Crippen molar-refractivity contribution >= 4 is 5.91 Å². The molecule has 1 fully saturated rings. The van der Waals surface area contributed by atoms with Crippen LogP contribution >= 0.6 is 0 Å². The van der Waals surface area contributed by atoms with Crippen molar-refractivity contribution < 1.29 is 4.79 Å². The average Bonchev–Trinajstić information content (AvgIpc) is 2.96. The zero-order valence-corrected chi connectivity index (χ0v) is 12.6. The summed E-state index contributed by atoms with van der Waals surface area (Å²) in [6, 6.07) is 4.46. The van der Waals surface area contributed by atoms with Crippen molar-refractivity contribution in [2.24, 2.45) is 5.92 Å². The van der Waals surface area contributed by atoms with Crippen molar-refractivity contribution in [2.75, 3.05) is 6.54 Å². The highest BCUT2D eigenvalue weighted by molar-refractivity contribution is 5.76. The largest absolute Gasteiger partial charge is 0.348 e. The second-order valence-corrected chi connectivity index (χ2v) is 6.43. The second kappa shape index (κ2) is 6.02. The van der Waals surface area contributed by atoms with Crippen LogP contribution < -0.4 is 0 Å². The summed E-state index contributed by atoms with van der Waals surface area (Å²) < 4.78 is 2.27. The van der Waals surface area contributed by atoms with Gasteiger partial charge in [0.25, 0.3) is 0 Å². The van der Waals surface area contributed by atoms with Crippen molar-refractivity contribution in [1.82, 2.24) is 9.47 Å². The zero-order valence-electron chi connectivity index (χ0n) is 12.6. The van der Waals surface area contributed by atoms with Crippen molar-refractivity contribution in [1.29, 1.82) is 0 Å². The molecule has 3 heteroatoms. The maximum absolute atomic E-state index is 12.5. The first-order valence-corrected chi connectivity index (χ1v) is 8.20. The molecule has 2 heterocycles. The Bertz CT molecular complexity index is 459. The van der Waals surface area contributed by atoms with E-state index in [1.165, 1.54) is 37.8 Å². The Morgan fingerprint density at radius 2 is 2.05 bits per heavy atom. The van der Waals surface area contributed by atoms with E-state index in [0.717, 1.165) is 31.8 Å². The molecule has 0 unspecified atom stereocenters. The van der Waals surface area contributed by atoms with Crippen LogP contribution in [0.25, 0.3) is 0 Å². The molecule has 1 aromatic heterocycles. The quantitative estimate of drug-likeness (QED) is 0.824. The Morgan fingerprint density at radius 1 is 1.25 bits per heavy atom. The van der Waals surface area contributed by atoms with Crippen molar-refractivity contribution in [2.45, 2.75) is 64.5 Å². The molecule has 1 aliphatic carbocycles. The minimum Gasteiger partial charge on any atom is -0.348 e. The van der Waals surface area contributed by atoms with Gasteiger partial charge in [0.1, 0.15) is 0 Å². The van der Waals surface area contributed by atoms with Crippen LogP contribution in [0.4, 0.5) is 0 Å². The predicted molar refractivity (Wildman–Crippen MR) is 80.4 cm³/mol. The Labute approximate surface area is 122 Å². The summed E-state index contributed by atoms with van der Waals surface area (Å²) in [6.45, 7) is 3.97. The number of carbonyl (C=O) groups is 1. The SMILES string of the molecule is C[C@H]1c2cccn2CCN1C(=O)CCC1CCCCC1. The minimum absolute atomic E-state index is 0.234. The maximum Gasteiger partial charge on any atom is 0.223 e. The van der Waals surface area contributed by atoms with Gasteiger partial charge in [-0.25, -0.2) is 0 Å². The Balaban J connectivity index is 1.55. The van der Waals surface area contributed by atoms with Crippen LogP contribution in [-0.4, -0.2) is 21.9 Å². The second-order valence-electron chi connectivity index (χ2n) is 6.43. The highest BCUT2D eigenvalue weighted by Crippen LogP contribution is 2.29. The maximum atomic E-state index is 12.5. The molecular weight excluding hydrogens is 248 g/mol. The van der Waals surface area contributed by atoms with E-state index in [1.54, 1.807) is 0 Å². The van der Waals surface area contributed by atoms with Crippen LogP contribution in [-0.2, 0) is 11.3 Å². The van der Waals surface area contributed by atoms with E-state index in [1.807, 2.05) is 0 Å². The van der Waals surface area contributed by atoms with E-state index < -0.39 is 0 Å². The van der Waals surface area contributed by atoms with Gasteiger partial charge in [-0.2, -0.15) is 0 Å². The third-order valence-corrected chi connectivity index (χ3v) is 5.15. The molecule has 1 aliphatic heterocycles. The lowest BCUT2D eigenvalue weighted by Crippen LogP contribution is -2.40. The van der Waals surface area contributed by atoms with E-state index in [4.69, 9.17) is 0 Å². The first-order chi connectivity index (χ1) is 9.75. The summed E-state index contributed by atoms with van der Waals surface area (Å²) in [5, 5.41) is 0. The lowest BCUT2D eigenvalue weighted by molar-refractivity contribution is -0.134. The van der Waals surface area contributed by atoms with Gasteiger partial charge in [-0.05, 0) is 31.4 Å². The number of aromatic nitrogens is 1. The molecule has 20 heavy (non-hydrogen) atoms. The normalized spacial score (nSPS) is 23.6.